The summed E-state index contributed by atoms with van der Waals surface area (Å²) in [5.41, 5.74) is 6.05. The molecule has 124 valence electrons. The van der Waals surface area contributed by atoms with E-state index >= 15 is 0 Å². The fourth-order valence-corrected chi connectivity index (χ4v) is 1.37. The molecule has 0 bridgehead atoms. The summed E-state index contributed by atoms with van der Waals surface area (Å²) in [6, 6.07) is 2.09. The first-order chi connectivity index (χ1) is 10.5. The van der Waals surface area contributed by atoms with Crippen molar-refractivity contribution in [2.24, 2.45) is 5.73 Å². The smallest absolute Gasteiger partial charge is 0.361 e. The molecule has 8 nitrogen and oxygen atoms in total. The summed E-state index contributed by atoms with van der Waals surface area (Å²) in [4.78, 5) is 43.9. The zero-order valence-electron chi connectivity index (χ0n) is 11.0. The van der Waals surface area contributed by atoms with Crippen molar-refractivity contribution < 1.29 is 32.3 Å². The van der Waals surface area contributed by atoms with Crippen LogP contribution in [-0.4, -0.2) is 23.6 Å². The third-order valence-corrected chi connectivity index (χ3v) is 2.59. The number of hydrazine groups is 1. The van der Waals surface area contributed by atoms with Gasteiger partial charge >= 0.3 is 29.8 Å². The van der Waals surface area contributed by atoms with Crippen LogP contribution in [0, 0.1) is 0 Å². The van der Waals surface area contributed by atoms with E-state index in [1.807, 2.05) is 5.32 Å². The third-order valence-electron chi connectivity index (χ3n) is 2.26. The molecule has 0 aliphatic heterocycles. The molecule has 0 atom stereocenters. The molecule has 0 spiro atoms. The maximum Gasteiger partial charge on any atom is 0.416 e. The molecule has 0 aliphatic carbocycles. The van der Waals surface area contributed by atoms with E-state index in [0.29, 0.717) is 12.1 Å². The molecule has 0 aliphatic rings. The minimum absolute atomic E-state index is 0.250. The number of hydrogen-bond acceptors (Lipinski definition) is 4. The van der Waals surface area contributed by atoms with Crippen molar-refractivity contribution in [1.82, 2.24) is 10.9 Å². The molecule has 0 heterocycles. The van der Waals surface area contributed by atoms with E-state index in [9.17, 15) is 32.3 Å². The van der Waals surface area contributed by atoms with Crippen LogP contribution < -0.4 is 21.9 Å². The van der Waals surface area contributed by atoms with Gasteiger partial charge < -0.3 is 11.1 Å². The van der Waals surface area contributed by atoms with Crippen LogP contribution in [0.25, 0.3) is 0 Å². The number of primary amides is 1. The van der Waals surface area contributed by atoms with E-state index in [4.69, 9.17) is 11.6 Å². The highest BCUT2D eigenvalue weighted by atomic mass is 35.5. The normalized spacial score (nSPS) is 10.6. The first kappa shape index (κ1) is 18.2. The largest absolute Gasteiger partial charge is 0.416 e. The van der Waals surface area contributed by atoms with Gasteiger partial charge in [-0.1, -0.05) is 11.6 Å². The summed E-state index contributed by atoms with van der Waals surface area (Å²) in [5.74, 6) is -5.72. The van der Waals surface area contributed by atoms with Gasteiger partial charge in [-0.3, -0.25) is 30.0 Å². The highest BCUT2D eigenvalue weighted by molar-refractivity contribution is 6.42. The maximum atomic E-state index is 12.6. The number of nitrogens with one attached hydrogen (secondary N) is 3. The number of benzene rings is 1. The predicted molar refractivity (Wildman–Crippen MR) is 70.6 cm³/mol. The van der Waals surface area contributed by atoms with Crippen LogP contribution >= 0.6 is 11.6 Å². The SMILES string of the molecule is NC(=O)C(=O)NNC(=O)C(=O)Nc1cc(C(F)(F)F)ccc1Cl. The molecule has 1 rings (SSSR count). The molecule has 1 aromatic rings. The summed E-state index contributed by atoms with van der Waals surface area (Å²) in [7, 11) is 0. The number of anilines is 1. The number of amides is 4. The fourth-order valence-electron chi connectivity index (χ4n) is 1.21. The lowest BCUT2D eigenvalue weighted by Gasteiger charge is -2.11. The van der Waals surface area contributed by atoms with Gasteiger partial charge in [-0.15, -0.1) is 0 Å². The maximum absolute atomic E-state index is 12.6. The molecule has 0 saturated carbocycles. The average molecular weight is 353 g/mol. The van der Waals surface area contributed by atoms with Crippen LogP contribution in [-0.2, 0) is 25.4 Å². The first-order valence-corrected chi connectivity index (χ1v) is 5.98. The average Bonchev–Trinajstić information content (AvgIpc) is 2.45. The number of carbonyl (C=O) groups is 4. The Hall–Kier alpha value is -2.82. The van der Waals surface area contributed by atoms with Crippen LogP contribution in [0.4, 0.5) is 18.9 Å². The van der Waals surface area contributed by atoms with E-state index < -0.39 is 41.1 Å². The van der Waals surface area contributed by atoms with Crippen LogP contribution in [0.2, 0.25) is 5.02 Å². The van der Waals surface area contributed by atoms with Crippen LogP contribution in [0.1, 0.15) is 5.56 Å². The van der Waals surface area contributed by atoms with Crippen molar-refractivity contribution in [3.05, 3.63) is 28.8 Å². The lowest BCUT2D eigenvalue weighted by atomic mass is 10.2. The Morgan fingerprint density at radius 1 is 1.00 bits per heavy atom. The van der Waals surface area contributed by atoms with Crippen molar-refractivity contribution in [2.45, 2.75) is 6.18 Å². The van der Waals surface area contributed by atoms with Crippen molar-refractivity contribution in [3.63, 3.8) is 0 Å². The molecule has 0 unspecified atom stereocenters. The zero-order chi connectivity index (χ0) is 17.8. The van der Waals surface area contributed by atoms with E-state index in [2.05, 4.69) is 5.73 Å². The molecule has 0 radical (unpaired) electrons. The molecule has 23 heavy (non-hydrogen) atoms. The molecule has 1 aromatic carbocycles. The highest BCUT2D eigenvalue weighted by Crippen LogP contribution is 2.33. The number of rotatable bonds is 1. The summed E-state index contributed by atoms with van der Waals surface area (Å²) in [6.07, 6.45) is -4.68. The van der Waals surface area contributed by atoms with Crippen molar-refractivity contribution in [2.75, 3.05) is 5.32 Å². The minimum Gasteiger partial charge on any atom is -0.361 e. The van der Waals surface area contributed by atoms with Gasteiger partial charge in [0, 0.05) is 0 Å². The Labute approximate surface area is 131 Å². The first-order valence-electron chi connectivity index (χ1n) is 5.60. The molecule has 4 amide bonds. The van der Waals surface area contributed by atoms with Gasteiger partial charge in [0.25, 0.3) is 0 Å². The second kappa shape index (κ2) is 6.96. The van der Waals surface area contributed by atoms with Gasteiger partial charge in [-0.25, -0.2) is 0 Å². The number of nitrogens with two attached hydrogens (primary N) is 1. The van der Waals surface area contributed by atoms with Crippen molar-refractivity contribution >= 4 is 40.9 Å². The number of alkyl halides is 3. The monoisotopic (exact) mass is 352 g/mol. The van der Waals surface area contributed by atoms with Crippen LogP contribution in [0.5, 0.6) is 0 Å². The predicted octanol–water partition coefficient (Wildman–Crippen LogP) is -0.0700. The fraction of sp³-hybridized carbons (Fsp3) is 0.0909. The van der Waals surface area contributed by atoms with Gasteiger partial charge in [-0.05, 0) is 18.2 Å². The van der Waals surface area contributed by atoms with E-state index in [1.165, 1.54) is 10.9 Å². The van der Waals surface area contributed by atoms with Gasteiger partial charge in [-0.2, -0.15) is 13.2 Å². The Bertz CT molecular complexity index is 678. The van der Waals surface area contributed by atoms with Crippen molar-refractivity contribution in [1.29, 1.82) is 0 Å². The Kier molecular flexibility index (Phi) is 5.52. The summed E-state index contributed by atoms with van der Waals surface area (Å²) >= 11 is 5.62. The lowest BCUT2D eigenvalue weighted by molar-refractivity contribution is -0.141. The van der Waals surface area contributed by atoms with Gasteiger partial charge in [0.05, 0.1) is 16.3 Å². The third kappa shape index (κ3) is 5.14. The minimum atomic E-state index is -4.68. The van der Waals surface area contributed by atoms with Gasteiger partial charge in [0.15, 0.2) is 0 Å². The number of halogens is 4. The van der Waals surface area contributed by atoms with E-state index in [0.717, 1.165) is 6.07 Å². The molecule has 5 N–H and O–H groups in total. The standard InChI is InChI=1S/C11H8ClF3N4O4/c12-5-2-1-4(11(13,14)15)3-6(5)17-9(22)10(23)19-18-8(21)7(16)20/h1-3H,(H2,16,20)(H,17,22)(H,18,21)(H,19,23). The summed E-state index contributed by atoms with van der Waals surface area (Å²) in [6.45, 7) is 0. The van der Waals surface area contributed by atoms with Gasteiger partial charge in [0.1, 0.15) is 0 Å². The Morgan fingerprint density at radius 2 is 1.57 bits per heavy atom. The number of carbonyl (C=O) groups excluding carboxylic acids is 4. The van der Waals surface area contributed by atoms with E-state index in [1.54, 1.807) is 0 Å². The molecular weight excluding hydrogens is 345 g/mol. The quantitative estimate of drug-likeness (QED) is 0.416. The van der Waals surface area contributed by atoms with E-state index in [-0.39, 0.29) is 5.02 Å². The van der Waals surface area contributed by atoms with Crippen molar-refractivity contribution in [3.8, 4) is 0 Å². The Balaban J connectivity index is 2.79. The topological polar surface area (TPSA) is 130 Å². The van der Waals surface area contributed by atoms with Crippen LogP contribution in [0.3, 0.4) is 0 Å². The molecular formula is C11H8ClF3N4O4. The molecule has 0 aromatic heterocycles. The van der Waals surface area contributed by atoms with Gasteiger partial charge in [0.2, 0.25) is 0 Å². The second-order valence-electron chi connectivity index (χ2n) is 3.92. The molecule has 12 heteroatoms. The Morgan fingerprint density at radius 3 is 2.09 bits per heavy atom. The summed E-state index contributed by atoms with van der Waals surface area (Å²) < 4.78 is 37.7. The lowest BCUT2D eigenvalue weighted by Crippen LogP contribution is -2.50. The zero-order valence-corrected chi connectivity index (χ0v) is 11.7. The molecule has 0 saturated heterocycles. The van der Waals surface area contributed by atoms with Crippen LogP contribution in [0.15, 0.2) is 18.2 Å². The second-order valence-corrected chi connectivity index (χ2v) is 4.33. The molecule has 0 fully saturated rings. The highest BCUT2D eigenvalue weighted by Gasteiger charge is 2.31. The number of hydrogen-bond donors (Lipinski definition) is 4. The summed E-state index contributed by atoms with van der Waals surface area (Å²) in [5, 5.41) is 1.58.